The molecule has 0 bridgehead atoms. The first kappa shape index (κ1) is 14.2. The number of carboxylic acid groups (broad SMARTS) is 2. The Kier molecular flexibility index (Phi) is 4.89. The molecule has 0 heterocycles. The van der Waals surface area contributed by atoms with Crippen molar-refractivity contribution in [3.63, 3.8) is 0 Å². The number of rotatable bonds is 6. The van der Waals surface area contributed by atoms with E-state index in [0.29, 0.717) is 6.42 Å². The van der Waals surface area contributed by atoms with E-state index in [4.69, 9.17) is 5.11 Å². The molecule has 0 saturated carbocycles. The number of benzene rings is 1. The molecule has 0 spiro atoms. The van der Waals surface area contributed by atoms with E-state index in [9.17, 15) is 14.7 Å². The number of hydrogen-bond donors (Lipinski definition) is 2. The van der Waals surface area contributed by atoms with Crippen LogP contribution in [-0.2, 0) is 9.59 Å². The van der Waals surface area contributed by atoms with Gasteiger partial charge < -0.3 is 10.2 Å². The van der Waals surface area contributed by atoms with E-state index in [1.165, 1.54) is 6.92 Å². The third-order valence-electron chi connectivity index (χ3n) is 3.31. The van der Waals surface area contributed by atoms with Crippen LogP contribution in [0.2, 0.25) is 0 Å². The molecule has 1 rings (SSSR count). The second-order valence-electron chi connectivity index (χ2n) is 4.42. The number of aliphatic carboxylic acids is 2. The van der Waals surface area contributed by atoms with Gasteiger partial charge in [0.05, 0.1) is 11.8 Å². The van der Waals surface area contributed by atoms with Gasteiger partial charge in [-0.15, -0.1) is 0 Å². The summed E-state index contributed by atoms with van der Waals surface area (Å²) in [5, 5.41) is 18.3. The van der Waals surface area contributed by atoms with E-state index in [1.54, 1.807) is 0 Å². The summed E-state index contributed by atoms with van der Waals surface area (Å²) in [5.41, 5.74) is 0.875. The Morgan fingerprint density at radius 2 is 1.67 bits per heavy atom. The third-order valence-corrected chi connectivity index (χ3v) is 3.31. The van der Waals surface area contributed by atoms with Gasteiger partial charge in [-0.2, -0.15) is 0 Å². The molecule has 4 nitrogen and oxygen atoms in total. The molecule has 0 aliphatic rings. The van der Waals surface area contributed by atoms with Crippen LogP contribution in [-0.4, -0.2) is 22.2 Å². The summed E-state index contributed by atoms with van der Waals surface area (Å²) in [7, 11) is 0. The van der Waals surface area contributed by atoms with Gasteiger partial charge in [-0.05, 0) is 17.9 Å². The Balaban J connectivity index is 3.10. The fourth-order valence-corrected chi connectivity index (χ4v) is 2.29. The van der Waals surface area contributed by atoms with E-state index in [-0.39, 0.29) is 5.92 Å². The summed E-state index contributed by atoms with van der Waals surface area (Å²) in [6.07, 6.45) is 0.596. The highest BCUT2D eigenvalue weighted by Gasteiger charge is 2.36. The van der Waals surface area contributed by atoms with Crippen molar-refractivity contribution in [2.24, 2.45) is 11.8 Å². The lowest BCUT2D eigenvalue weighted by molar-refractivity contribution is -0.154. The van der Waals surface area contributed by atoms with Gasteiger partial charge in [-0.1, -0.05) is 44.2 Å². The summed E-state index contributed by atoms with van der Waals surface area (Å²) in [5.74, 6) is -4.23. The van der Waals surface area contributed by atoms with Crippen LogP contribution in [0.3, 0.4) is 0 Å². The Hall–Kier alpha value is -1.84. The van der Waals surface area contributed by atoms with Crippen molar-refractivity contribution in [3.05, 3.63) is 35.9 Å². The van der Waals surface area contributed by atoms with Crippen LogP contribution in [0.15, 0.2) is 30.3 Å². The summed E-state index contributed by atoms with van der Waals surface area (Å²) in [6.45, 7) is 3.33. The third kappa shape index (κ3) is 3.09. The average molecular weight is 250 g/mol. The first-order chi connectivity index (χ1) is 8.49. The number of carboxylic acids is 2. The van der Waals surface area contributed by atoms with Crippen LogP contribution < -0.4 is 0 Å². The SMILES string of the molecule is CCC(c1ccccc1)C(C(=O)O)[C@@H](C)C(=O)O. The fourth-order valence-electron chi connectivity index (χ4n) is 2.29. The van der Waals surface area contributed by atoms with Crippen LogP contribution in [0.4, 0.5) is 0 Å². The fraction of sp³-hybridized carbons (Fsp3) is 0.429. The first-order valence-corrected chi connectivity index (χ1v) is 5.99. The van der Waals surface area contributed by atoms with Crippen molar-refractivity contribution in [2.45, 2.75) is 26.2 Å². The smallest absolute Gasteiger partial charge is 0.307 e. The molecular formula is C14H18O4. The van der Waals surface area contributed by atoms with E-state index in [0.717, 1.165) is 5.56 Å². The largest absolute Gasteiger partial charge is 0.481 e. The minimum absolute atomic E-state index is 0.283. The van der Waals surface area contributed by atoms with Gasteiger partial charge in [0.1, 0.15) is 0 Å². The number of carbonyl (C=O) groups is 2. The first-order valence-electron chi connectivity index (χ1n) is 5.99. The molecule has 1 aromatic carbocycles. The highest BCUT2D eigenvalue weighted by Crippen LogP contribution is 2.33. The average Bonchev–Trinajstić information content (AvgIpc) is 2.35. The quantitative estimate of drug-likeness (QED) is 0.813. The van der Waals surface area contributed by atoms with E-state index in [1.807, 2.05) is 37.3 Å². The lowest BCUT2D eigenvalue weighted by Gasteiger charge is -2.26. The topological polar surface area (TPSA) is 74.6 Å². The Morgan fingerprint density at radius 3 is 2.06 bits per heavy atom. The molecule has 0 saturated heterocycles. The zero-order valence-corrected chi connectivity index (χ0v) is 10.5. The highest BCUT2D eigenvalue weighted by atomic mass is 16.4. The van der Waals surface area contributed by atoms with E-state index in [2.05, 4.69) is 0 Å². The van der Waals surface area contributed by atoms with Crippen LogP contribution in [0.5, 0.6) is 0 Å². The van der Waals surface area contributed by atoms with Gasteiger partial charge in [0.25, 0.3) is 0 Å². The predicted octanol–water partition coefficient (Wildman–Crippen LogP) is 2.60. The lowest BCUT2D eigenvalue weighted by Crippen LogP contribution is -2.32. The highest BCUT2D eigenvalue weighted by molar-refractivity contribution is 5.80. The standard InChI is InChI=1S/C14H18O4/c1-3-11(10-7-5-4-6-8-10)12(14(17)18)9(2)13(15)16/h4-9,11-12H,3H2,1-2H3,(H,15,16)(H,17,18)/t9-,11?,12?/m1/s1. The number of hydrogen-bond acceptors (Lipinski definition) is 2. The molecule has 4 heteroatoms. The molecule has 0 aliphatic carbocycles. The van der Waals surface area contributed by atoms with Crippen LogP contribution in [0.25, 0.3) is 0 Å². The summed E-state index contributed by atoms with van der Waals surface area (Å²) < 4.78 is 0. The molecule has 2 N–H and O–H groups in total. The zero-order valence-electron chi connectivity index (χ0n) is 10.5. The van der Waals surface area contributed by atoms with Crippen LogP contribution >= 0.6 is 0 Å². The van der Waals surface area contributed by atoms with Gasteiger partial charge >= 0.3 is 11.9 Å². The Labute approximate surface area is 106 Å². The van der Waals surface area contributed by atoms with E-state index >= 15 is 0 Å². The molecule has 0 aromatic heterocycles. The molecule has 1 aromatic rings. The van der Waals surface area contributed by atoms with Gasteiger partial charge in [0, 0.05) is 0 Å². The van der Waals surface area contributed by atoms with Crippen molar-refractivity contribution in [2.75, 3.05) is 0 Å². The molecule has 98 valence electrons. The van der Waals surface area contributed by atoms with Crippen molar-refractivity contribution in [3.8, 4) is 0 Å². The molecular weight excluding hydrogens is 232 g/mol. The molecule has 2 unspecified atom stereocenters. The zero-order chi connectivity index (χ0) is 13.7. The van der Waals surface area contributed by atoms with Crippen molar-refractivity contribution >= 4 is 11.9 Å². The summed E-state index contributed by atoms with van der Waals surface area (Å²) in [4.78, 5) is 22.4. The minimum Gasteiger partial charge on any atom is -0.481 e. The van der Waals surface area contributed by atoms with Crippen molar-refractivity contribution < 1.29 is 19.8 Å². The monoisotopic (exact) mass is 250 g/mol. The van der Waals surface area contributed by atoms with Crippen molar-refractivity contribution in [1.29, 1.82) is 0 Å². The molecule has 0 aliphatic heterocycles. The normalized spacial score (nSPS) is 15.7. The lowest BCUT2D eigenvalue weighted by atomic mass is 9.77. The Morgan fingerprint density at radius 1 is 1.11 bits per heavy atom. The molecule has 3 atom stereocenters. The molecule has 0 radical (unpaired) electrons. The van der Waals surface area contributed by atoms with Crippen LogP contribution in [0.1, 0.15) is 31.7 Å². The summed E-state index contributed by atoms with van der Waals surface area (Å²) in [6, 6.07) is 9.22. The predicted molar refractivity (Wildman–Crippen MR) is 67.4 cm³/mol. The van der Waals surface area contributed by atoms with Gasteiger partial charge in [0.2, 0.25) is 0 Å². The maximum Gasteiger partial charge on any atom is 0.307 e. The van der Waals surface area contributed by atoms with Gasteiger partial charge in [0.15, 0.2) is 0 Å². The molecule has 0 fully saturated rings. The second-order valence-corrected chi connectivity index (χ2v) is 4.42. The van der Waals surface area contributed by atoms with Crippen molar-refractivity contribution in [1.82, 2.24) is 0 Å². The maximum atomic E-state index is 11.4. The molecule has 18 heavy (non-hydrogen) atoms. The second kappa shape index (κ2) is 6.19. The van der Waals surface area contributed by atoms with Gasteiger partial charge in [-0.3, -0.25) is 9.59 Å². The summed E-state index contributed by atoms with van der Waals surface area (Å²) >= 11 is 0. The van der Waals surface area contributed by atoms with E-state index < -0.39 is 23.8 Å². The van der Waals surface area contributed by atoms with Crippen LogP contribution in [0, 0.1) is 11.8 Å². The van der Waals surface area contributed by atoms with Gasteiger partial charge in [-0.25, -0.2) is 0 Å². The Bertz CT molecular complexity index is 413. The maximum absolute atomic E-state index is 11.4. The molecule has 0 amide bonds. The minimum atomic E-state index is -1.07.